The molecule has 1 atom stereocenters. The summed E-state index contributed by atoms with van der Waals surface area (Å²) in [5, 5.41) is 18.9. The zero-order chi connectivity index (χ0) is 17.6. The first-order valence-corrected chi connectivity index (χ1v) is 7.52. The van der Waals surface area contributed by atoms with E-state index in [0.29, 0.717) is 6.42 Å². The van der Waals surface area contributed by atoms with E-state index < -0.39 is 23.4 Å². The number of nitrogens with zero attached hydrogens (tertiary/aromatic N) is 1. The Morgan fingerprint density at radius 2 is 2.00 bits per heavy atom. The van der Waals surface area contributed by atoms with Gasteiger partial charge in [0.05, 0.1) is 5.02 Å². The number of carbonyl (C=O) groups excluding carboxylic acids is 1. The fraction of sp³-hybridized carbons (Fsp3) is 0.429. The summed E-state index contributed by atoms with van der Waals surface area (Å²) in [6.07, 6.45) is 0.533. The van der Waals surface area contributed by atoms with Crippen molar-refractivity contribution >= 4 is 35.0 Å². The predicted octanol–water partition coefficient (Wildman–Crippen LogP) is 3.33. The second-order valence-corrected chi connectivity index (χ2v) is 5.49. The third kappa shape index (κ3) is 5.37. The molecule has 0 saturated carbocycles. The van der Waals surface area contributed by atoms with Gasteiger partial charge in [0.1, 0.15) is 10.8 Å². The molecule has 0 radical (unpaired) electrons. The molecule has 7 nitrogen and oxygen atoms in total. The van der Waals surface area contributed by atoms with Gasteiger partial charge in [-0.25, -0.2) is 4.79 Å². The molecule has 0 aliphatic heterocycles. The fourth-order valence-electron chi connectivity index (χ4n) is 1.97. The van der Waals surface area contributed by atoms with Gasteiger partial charge in [-0.3, -0.25) is 14.9 Å². The van der Waals surface area contributed by atoms with Crippen molar-refractivity contribution in [2.45, 2.75) is 19.8 Å². The lowest BCUT2D eigenvalue weighted by Gasteiger charge is -2.15. The van der Waals surface area contributed by atoms with Crippen LogP contribution in [0.4, 0.5) is 0 Å². The number of Topliss-reactive ketones (excluding diaryl/α,β-unsaturated/α-hetero) is 1. The molecule has 1 aromatic rings. The Morgan fingerprint density at radius 3 is 2.52 bits per heavy atom. The average molecular weight is 364 g/mol. The molecule has 0 amide bonds. The molecule has 1 aromatic carbocycles. The maximum absolute atomic E-state index is 12.4. The number of carboxylic acids is 1. The number of carboxylic acid groups (broad SMARTS) is 1. The van der Waals surface area contributed by atoms with Crippen molar-refractivity contribution in [3.8, 4) is 5.75 Å². The monoisotopic (exact) mass is 363 g/mol. The van der Waals surface area contributed by atoms with E-state index in [4.69, 9.17) is 33.0 Å². The Hall–Kier alpha value is -1.86. The lowest BCUT2D eigenvalue weighted by Crippen LogP contribution is -2.18. The minimum Gasteiger partial charge on any atom is -0.480 e. The quantitative estimate of drug-likeness (QED) is 0.409. The van der Waals surface area contributed by atoms with E-state index in [0.717, 1.165) is 0 Å². The number of hydrogen-bond donors (Lipinski definition) is 1. The van der Waals surface area contributed by atoms with Crippen LogP contribution in [0.1, 0.15) is 30.1 Å². The summed E-state index contributed by atoms with van der Waals surface area (Å²) in [6, 6.07) is 2.73. The van der Waals surface area contributed by atoms with Crippen molar-refractivity contribution in [1.82, 2.24) is 0 Å². The first-order valence-electron chi connectivity index (χ1n) is 6.76. The fourth-order valence-corrected chi connectivity index (χ4v) is 2.44. The lowest BCUT2D eigenvalue weighted by atomic mass is 9.92. The van der Waals surface area contributed by atoms with Crippen LogP contribution in [0, 0.1) is 16.0 Å². The normalized spacial score (nSPS) is 11.8. The molecule has 23 heavy (non-hydrogen) atoms. The minimum atomic E-state index is -1.18. The molecular weight excluding hydrogens is 349 g/mol. The van der Waals surface area contributed by atoms with E-state index in [-0.39, 0.29) is 40.1 Å². The van der Waals surface area contributed by atoms with E-state index >= 15 is 0 Å². The summed E-state index contributed by atoms with van der Waals surface area (Å²) in [7, 11) is 0. The Morgan fingerprint density at radius 1 is 1.35 bits per heavy atom. The van der Waals surface area contributed by atoms with Crippen LogP contribution in [0.25, 0.3) is 0 Å². The van der Waals surface area contributed by atoms with Gasteiger partial charge in [0.2, 0.25) is 6.54 Å². The van der Waals surface area contributed by atoms with Gasteiger partial charge in [-0.15, -0.1) is 0 Å². The summed E-state index contributed by atoms with van der Waals surface area (Å²) >= 11 is 12.0. The minimum absolute atomic E-state index is 0.0500. The maximum atomic E-state index is 12.4. The Bertz CT molecular complexity index is 620. The molecule has 1 N–H and O–H groups in total. The first-order chi connectivity index (χ1) is 10.8. The second-order valence-electron chi connectivity index (χ2n) is 4.74. The van der Waals surface area contributed by atoms with Crippen molar-refractivity contribution < 1.29 is 24.4 Å². The van der Waals surface area contributed by atoms with Crippen molar-refractivity contribution in [3.63, 3.8) is 0 Å². The highest BCUT2D eigenvalue weighted by atomic mass is 35.5. The van der Waals surface area contributed by atoms with Crippen LogP contribution in [-0.2, 0) is 4.79 Å². The highest BCUT2D eigenvalue weighted by Gasteiger charge is 2.24. The van der Waals surface area contributed by atoms with E-state index in [1.807, 2.05) is 0 Å². The topological polar surface area (TPSA) is 107 Å². The Kier molecular flexibility index (Phi) is 7.25. The zero-order valence-corrected chi connectivity index (χ0v) is 13.8. The number of hydrogen-bond acceptors (Lipinski definition) is 5. The van der Waals surface area contributed by atoms with Crippen LogP contribution in [-0.4, -0.2) is 34.9 Å². The summed E-state index contributed by atoms with van der Waals surface area (Å²) in [4.78, 5) is 32.9. The molecule has 0 spiro atoms. The molecule has 9 heteroatoms. The van der Waals surface area contributed by atoms with Gasteiger partial charge in [-0.2, -0.15) is 0 Å². The highest BCUT2D eigenvalue weighted by molar-refractivity contribution is 6.44. The van der Waals surface area contributed by atoms with Gasteiger partial charge < -0.3 is 9.84 Å². The predicted molar refractivity (Wildman–Crippen MR) is 84.2 cm³/mol. The third-order valence-electron chi connectivity index (χ3n) is 3.19. The van der Waals surface area contributed by atoms with Crippen molar-refractivity contribution in [3.05, 3.63) is 37.9 Å². The molecular formula is C14H15Cl2NO6. The molecule has 0 heterocycles. The molecule has 1 unspecified atom stereocenters. The first kappa shape index (κ1) is 19.2. The number of ketones is 1. The van der Waals surface area contributed by atoms with E-state index in [9.17, 15) is 19.7 Å². The zero-order valence-electron chi connectivity index (χ0n) is 12.3. The highest BCUT2D eigenvalue weighted by Crippen LogP contribution is 2.36. The number of benzene rings is 1. The van der Waals surface area contributed by atoms with Crippen LogP contribution >= 0.6 is 23.2 Å². The third-order valence-corrected chi connectivity index (χ3v) is 4.05. The van der Waals surface area contributed by atoms with Gasteiger partial charge >= 0.3 is 5.97 Å². The molecule has 0 aliphatic rings. The summed E-state index contributed by atoms with van der Waals surface area (Å²) in [6.45, 7) is 0.849. The van der Waals surface area contributed by atoms with Gasteiger partial charge in [-0.05, 0) is 18.6 Å². The van der Waals surface area contributed by atoms with E-state index in [1.54, 1.807) is 6.92 Å². The smallest absolute Gasteiger partial charge is 0.341 e. The number of aliphatic carboxylic acids is 1. The molecule has 0 saturated heterocycles. The standard InChI is InChI=1S/C14H15Cl2NO6/c1-2-8(5-6-17(21)22)14(20)9-3-4-10(13(16)12(9)15)23-7-11(18)19/h3-4,8H,2,5-7H2,1H3,(H,18,19). The Labute approximate surface area is 142 Å². The van der Waals surface area contributed by atoms with Crippen LogP contribution < -0.4 is 4.74 Å². The van der Waals surface area contributed by atoms with Gasteiger partial charge in [0.15, 0.2) is 12.4 Å². The van der Waals surface area contributed by atoms with E-state index in [2.05, 4.69) is 0 Å². The van der Waals surface area contributed by atoms with Crippen LogP contribution in [0.5, 0.6) is 5.75 Å². The summed E-state index contributed by atoms with van der Waals surface area (Å²) in [5.41, 5.74) is 0.134. The number of carbonyl (C=O) groups is 2. The largest absolute Gasteiger partial charge is 0.480 e. The molecule has 1 rings (SSSR count). The number of ether oxygens (including phenoxy) is 1. The average Bonchev–Trinajstić information content (AvgIpc) is 2.48. The number of rotatable bonds is 9. The maximum Gasteiger partial charge on any atom is 0.341 e. The Balaban J connectivity index is 2.98. The van der Waals surface area contributed by atoms with Gasteiger partial charge in [0, 0.05) is 22.8 Å². The SMILES string of the molecule is CCC(CC[N+](=O)[O-])C(=O)c1ccc(OCC(=O)O)c(Cl)c1Cl. The van der Waals surface area contributed by atoms with Crippen molar-refractivity contribution in [1.29, 1.82) is 0 Å². The number of halogens is 2. The summed E-state index contributed by atoms with van der Waals surface area (Å²) < 4.78 is 4.96. The molecule has 0 bridgehead atoms. The molecule has 0 aromatic heterocycles. The van der Waals surface area contributed by atoms with Gasteiger partial charge in [-0.1, -0.05) is 30.1 Å². The van der Waals surface area contributed by atoms with E-state index in [1.165, 1.54) is 12.1 Å². The molecule has 126 valence electrons. The van der Waals surface area contributed by atoms with Crippen LogP contribution in [0.2, 0.25) is 10.0 Å². The van der Waals surface area contributed by atoms with Crippen molar-refractivity contribution in [2.75, 3.05) is 13.2 Å². The van der Waals surface area contributed by atoms with Crippen LogP contribution in [0.15, 0.2) is 12.1 Å². The molecule has 0 aliphatic carbocycles. The molecule has 0 fully saturated rings. The second kappa shape index (κ2) is 8.69. The van der Waals surface area contributed by atoms with Gasteiger partial charge in [0.25, 0.3) is 0 Å². The van der Waals surface area contributed by atoms with Crippen LogP contribution in [0.3, 0.4) is 0 Å². The summed E-state index contributed by atoms with van der Waals surface area (Å²) in [5.74, 6) is -2.01. The lowest BCUT2D eigenvalue weighted by molar-refractivity contribution is -0.481. The van der Waals surface area contributed by atoms with Crippen molar-refractivity contribution in [2.24, 2.45) is 5.92 Å². The number of nitro groups is 1.